The third-order valence-corrected chi connectivity index (χ3v) is 3.33. The van der Waals surface area contributed by atoms with Crippen LogP contribution in [-0.4, -0.2) is 33.0 Å². The first-order chi connectivity index (χ1) is 12.3. The number of nitrogen functional groups attached to an aromatic ring is 1. The van der Waals surface area contributed by atoms with Crippen molar-refractivity contribution in [1.29, 1.82) is 0 Å². The number of hydrogen-bond acceptors (Lipinski definition) is 4. The molecule has 0 saturated carbocycles. The fraction of sp³-hybridized carbons (Fsp3) is 0.333. The van der Waals surface area contributed by atoms with E-state index >= 15 is 0 Å². The van der Waals surface area contributed by atoms with Gasteiger partial charge in [-0.2, -0.15) is 0 Å². The van der Waals surface area contributed by atoms with Gasteiger partial charge in [0.25, 0.3) is 0 Å². The van der Waals surface area contributed by atoms with Gasteiger partial charge in [-0.05, 0) is 55.0 Å². The summed E-state index contributed by atoms with van der Waals surface area (Å²) < 4.78 is 16.4. The molecule has 0 aliphatic carbocycles. The van der Waals surface area contributed by atoms with Gasteiger partial charge >= 0.3 is 0 Å². The molecule has 0 atom stereocenters. The predicted molar refractivity (Wildman–Crippen MR) is 101 cm³/mol. The van der Waals surface area contributed by atoms with Crippen LogP contribution in [0.1, 0.15) is 24.5 Å². The van der Waals surface area contributed by atoms with Gasteiger partial charge in [0.2, 0.25) is 0 Å². The van der Waals surface area contributed by atoms with Crippen molar-refractivity contribution in [3.63, 3.8) is 0 Å². The maximum atomic E-state index is 5.66. The molecule has 2 rings (SSSR count). The van der Waals surface area contributed by atoms with Crippen molar-refractivity contribution < 1.29 is 14.2 Å². The Bertz CT molecular complexity index is 669. The minimum atomic E-state index is 0.518. The molecule has 2 aromatic carbocycles. The molecule has 0 aliphatic heterocycles. The second kappa shape index (κ2) is 11.1. The Hall–Kier alpha value is -2.48. The summed E-state index contributed by atoms with van der Waals surface area (Å²) >= 11 is 0. The van der Waals surface area contributed by atoms with Gasteiger partial charge in [-0.1, -0.05) is 18.8 Å². The summed E-state index contributed by atoms with van der Waals surface area (Å²) in [5, 5.41) is 0. The van der Waals surface area contributed by atoms with E-state index in [0.717, 1.165) is 35.6 Å². The van der Waals surface area contributed by atoms with Crippen LogP contribution in [0.2, 0.25) is 0 Å². The molecular weight excluding hydrogens is 314 g/mol. The van der Waals surface area contributed by atoms with Crippen LogP contribution in [0.15, 0.2) is 48.5 Å². The number of benzene rings is 2. The lowest BCUT2D eigenvalue weighted by Crippen LogP contribution is -2.11. The Morgan fingerprint density at radius 3 is 1.84 bits per heavy atom. The average molecular weight is 339 g/mol. The molecule has 2 N–H and O–H groups in total. The van der Waals surface area contributed by atoms with Crippen molar-refractivity contribution in [2.24, 2.45) is 0 Å². The van der Waals surface area contributed by atoms with Gasteiger partial charge in [-0.15, -0.1) is 0 Å². The SMILES string of the molecule is CCCOCCOCCOc1ccc(C#Cc2ccc(N)cc2)cc1. The maximum Gasteiger partial charge on any atom is 0.119 e. The van der Waals surface area contributed by atoms with Crippen LogP contribution < -0.4 is 10.5 Å². The van der Waals surface area contributed by atoms with Crippen LogP contribution in [0.4, 0.5) is 5.69 Å². The van der Waals surface area contributed by atoms with E-state index in [1.54, 1.807) is 0 Å². The first-order valence-corrected chi connectivity index (χ1v) is 8.54. The predicted octanol–water partition coefficient (Wildman–Crippen LogP) is 3.49. The Kier molecular flexibility index (Phi) is 8.40. The summed E-state index contributed by atoms with van der Waals surface area (Å²) in [6.07, 6.45) is 1.03. The number of hydrogen-bond donors (Lipinski definition) is 1. The Morgan fingerprint density at radius 1 is 0.720 bits per heavy atom. The third-order valence-electron chi connectivity index (χ3n) is 3.33. The van der Waals surface area contributed by atoms with Crippen LogP contribution >= 0.6 is 0 Å². The Labute approximate surface area is 149 Å². The highest BCUT2D eigenvalue weighted by molar-refractivity contribution is 5.48. The van der Waals surface area contributed by atoms with E-state index in [2.05, 4.69) is 18.8 Å². The van der Waals surface area contributed by atoms with E-state index in [-0.39, 0.29) is 0 Å². The molecule has 0 aliphatic rings. The van der Waals surface area contributed by atoms with Crippen LogP contribution in [-0.2, 0) is 9.47 Å². The average Bonchev–Trinajstić information content (AvgIpc) is 2.64. The van der Waals surface area contributed by atoms with E-state index in [1.165, 1.54) is 0 Å². The molecule has 4 nitrogen and oxygen atoms in total. The van der Waals surface area contributed by atoms with Crippen molar-refractivity contribution in [3.8, 4) is 17.6 Å². The van der Waals surface area contributed by atoms with E-state index in [4.69, 9.17) is 19.9 Å². The van der Waals surface area contributed by atoms with Crippen LogP contribution in [0.25, 0.3) is 0 Å². The fourth-order valence-electron chi connectivity index (χ4n) is 2.03. The van der Waals surface area contributed by atoms with E-state index in [9.17, 15) is 0 Å². The second-order valence-electron chi connectivity index (χ2n) is 5.47. The molecule has 0 fully saturated rings. The van der Waals surface area contributed by atoms with Gasteiger partial charge < -0.3 is 19.9 Å². The first-order valence-electron chi connectivity index (χ1n) is 8.54. The van der Waals surface area contributed by atoms with Gasteiger partial charge in [-0.25, -0.2) is 0 Å². The van der Waals surface area contributed by atoms with Crippen LogP contribution in [0.5, 0.6) is 5.75 Å². The first kappa shape index (κ1) is 18.9. The lowest BCUT2D eigenvalue weighted by Gasteiger charge is -2.07. The van der Waals surface area contributed by atoms with Crippen LogP contribution in [0.3, 0.4) is 0 Å². The van der Waals surface area contributed by atoms with Crippen molar-refractivity contribution in [3.05, 3.63) is 59.7 Å². The summed E-state index contributed by atoms with van der Waals surface area (Å²) in [6, 6.07) is 15.2. The molecule has 0 unspecified atom stereocenters. The summed E-state index contributed by atoms with van der Waals surface area (Å²) in [5.41, 5.74) is 8.28. The third kappa shape index (κ3) is 7.75. The Balaban J connectivity index is 1.69. The van der Waals surface area contributed by atoms with Gasteiger partial charge in [0.15, 0.2) is 0 Å². The number of anilines is 1. The minimum absolute atomic E-state index is 0.518. The highest BCUT2D eigenvalue weighted by Gasteiger charge is 1.95. The van der Waals surface area contributed by atoms with E-state index in [0.29, 0.717) is 26.4 Å². The molecule has 25 heavy (non-hydrogen) atoms. The minimum Gasteiger partial charge on any atom is -0.491 e. The smallest absolute Gasteiger partial charge is 0.119 e. The molecule has 0 aromatic heterocycles. The zero-order valence-electron chi connectivity index (χ0n) is 14.7. The maximum absolute atomic E-state index is 5.66. The molecule has 0 radical (unpaired) electrons. The lowest BCUT2D eigenvalue weighted by atomic mass is 10.1. The van der Waals surface area contributed by atoms with Crippen LogP contribution in [0, 0.1) is 11.8 Å². The van der Waals surface area contributed by atoms with E-state index < -0.39 is 0 Å². The van der Waals surface area contributed by atoms with Crippen molar-refractivity contribution in [2.45, 2.75) is 13.3 Å². The molecule has 0 heterocycles. The quantitative estimate of drug-likeness (QED) is 0.432. The standard InChI is InChI=1S/C21H25NO3/c1-2-13-23-14-15-24-16-17-25-21-11-7-19(8-12-21)4-3-18-5-9-20(22)10-6-18/h5-12H,2,13-17,22H2,1H3. The summed E-state index contributed by atoms with van der Waals surface area (Å²) in [5.74, 6) is 7.04. The summed E-state index contributed by atoms with van der Waals surface area (Å²) in [7, 11) is 0. The van der Waals surface area contributed by atoms with Gasteiger partial charge in [-0.3, -0.25) is 0 Å². The summed E-state index contributed by atoms with van der Waals surface area (Å²) in [6.45, 7) is 5.17. The van der Waals surface area contributed by atoms with Crippen molar-refractivity contribution >= 4 is 5.69 Å². The van der Waals surface area contributed by atoms with E-state index in [1.807, 2.05) is 48.5 Å². The molecule has 4 heteroatoms. The highest BCUT2D eigenvalue weighted by Crippen LogP contribution is 2.12. The number of ether oxygens (including phenoxy) is 3. The van der Waals surface area contributed by atoms with Gasteiger partial charge in [0, 0.05) is 23.4 Å². The zero-order chi connectivity index (χ0) is 17.7. The molecule has 0 amide bonds. The normalized spacial score (nSPS) is 10.1. The lowest BCUT2D eigenvalue weighted by molar-refractivity contribution is 0.0366. The number of rotatable bonds is 9. The molecule has 0 bridgehead atoms. The second-order valence-corrected chi connectivity index (χ2v) is 5.47. The monoisotopic (exact) mass is 339 g/mol. The Morgan fingerprint density at radius 2 is 1.24 bits per heavy atom. The summed E-state index contributed by atoms with van der Waals surface area (Å²) in [4.78, 5) is 0. The molecule has 2 aromatic rings. The van der Waals surface area contributed by atoms with Gasteiger partial charge in [0.05, 0.1) is 19.8 Å². The molecular formula is C21H25NO3. The van der Waals surface area contributed by atoms with Crippen molar-refractivity contribution in [1.82, 2.24) is 0 Å². The topological polar surface area (TPSA) is 53.7 Å². The van der Waals surface area contributed by atoms with Crippen molar-refractivity contribution in [2.75, 3.05) is 38.8 Å². The van der Waals surface area contributed by atoms with Gasteiger partial charge in [0.1, 0.15) is 12.4 Å². The highest BCUT2D eigenvalue weighted by atomic mass is 16.5. The fourth-order valence-corrected chi connectivity index (χ4v) is 2.03. The largest absolute Gasteiger partial charge is 0.491 e. The molecule has 0 spiro atoms. The molecule has 0 saturated heterocycles. The zero-order valence-corrected chi connectivity index (χ0v) is 14.7. The number of nitrogens with two attached hydrogens (primary N) is 1. The molecule has 132 valence electrons.